The lowest BCUT2D eigenvalue weighted by molar-refractivity contribution is -0.138. The molecule has 0 spiro atoms. The number of thiophene rings is 1. The van der Waals surface area contributed by atoms with E-state index >= 15 is 0 Å². The van der Waals surface area contributed by atoms with E-state index < -0.39 is 27.8 Å². The SMILES string of the molecule is CC(C)C(NS(=O)(=O)c1cccs1)C(=O)N1CCN(Cc2cccc(C(F)(F)F)c2)CC1. The van der Waals surface area contributed by atoms with Gasteiger partial charge in [0.2, 0.25) is 5.91 Å². The maximum absolute atomic E-state index is 13.1. The van der Waals surface area contributed by atoms with Crippen LogP contribution in [0, 0.1) is 5.92 Å². The molecule has 0 saturated carbocycles. The summed E-state index contributed by atoms with van der Waals surface area (Å²) in [6.45, 7) is 5.65. The van der Waals surface area contributed by atoms with Gasteiger partial charge in [-0.3, -0.25) is 9.69 Å². The van der Waals surface area contributed by atoms with E-state index in [0.29, 0.717) is 38.3 Å². The third-order valence-corrected chi connectivity index (χ3v) is 8.16. The highest BCUT2D eigenvalue weighted by molar-refractivity contribution is 7.91. The Morgan fingerprint density at radius 3 is 2.38 bits per heavy atom. The number of piperazine rings is 1. The molecule has 176 valence electrons. The molecule has 1 amide bonds. The van der Waals surface area contributed by atoms with Crippen LogP contribution in [0.5, 0.6) is 0 Å². The largest absolute Gasteiger partial charge is 0.416 e. The van der Waals surface area contributed by atoms with E-state index in [2.05, 4.69) is 4.72 Å². The van der Waals surface area contributed by atoms with Gasteiger partial charge in [-0.2, -0.15) is 17.9 Å². The van der Waals surface area contributed by atoms with E-state index in [9.17, 15) is 26.4 Å². The molecule has 6 nitrogen and oxygen atoms in total. The van der Waals surface area contributed by atoms with E-state index in [0.717, 1.165) is 23.5 Å². The van der Waals surface area contributed by atoms with Gasteiger partial charge in [-0.25, -0.2) is 8.42 Å². The van der Waals surface area contributed by atoms with Crippen molar-refractivity contribution in [3.05, 3.63) is 52.9 Å². The number of halogens is 3. The number of nitrogens with zero attached hydrogens (tertiary/aromatic N) is 2. The number of amides is 1. The summed E-state index contributed by atoms with van der Waals surface area (Å²) in [4.78, 5) is 16.7. The fourth-order valence-corrected chi connectivity index (χ4v) is 5.89. The molecular formula is C21H26F3N3O3S2. The monoisotopic (exact) mass is 489 g/mol. The second-order valence-electron chi connectivity index (χ2n) is 8.07. The fraction of sp³-hybridized carbons (Fsp3) is 0.476. The first-order chi connectivity index (χ1) is 15.0. The molecule has 1 saturated heterocycles. The van der Waals surface area contributed by atoms with Gasteiger partial charge in [0, 0.05) is 32.7 Å². The molecule has 32 heavy (non-hydrogen) atoms. The third-order valence-electron chi connectivity index (χ3n) is 5.32. The molecule has 1 aromatic carbocycles. The predicted octanol–water partition coefficient (Wildman–Crippen LogP) is 3.41. The van der Waals surface area contributed by atoms with Crippen molar-refractivity contribution in [2.24, 2.45) is 5.92 Å². The Hall–Kier alpha value is -1.95. The highest BCUT2D eigenvalue weighted by Gasteiger charge is 2.34. The van der Waals surface area contributed by atoms with Crippen LogP contribution >= 0.6 is 11.3 Å². The number of hydrogen-bond donors (Lipinski definition) is 1. The van der Waals surface area contributed by atoms with E-state index in [1.54, 1.807) is 36.3 Å². The average Bonchev–Trinajstić information content (AvgIpc) is 3.28. The van der Waals surface area contributed by atoms with Gasteiger partial charge >= 0.3 is 6.18 Å². The van der Waals surface area contributed by atoms with Gasteiger partial charge in [0.25, 0.3) is 10.0 Å². The van der Waals surface area contributed by atoms with Crippen molar-refractivity contribution in [2.45, 2.75) is 36.8 Å². The summed E-state index contributed by atoms with van der Waals surface area (Å²) in [7, 11) is -3.79. The van der Waals surface area contributed by atoms with Crippen molar-refractivity contribution in [3.8, 4) is 0 Å². The van der Waals surface area contributed by atoms with Gasteiger partial charge in [-0.05, 0) is 29.0 Å². The Morgan fingerprint density at radius 2 is 1.81 bits per heavy atom. The maximum Gasteiger partial charge on any atom is 0.416 e. The van der Waals surface area contributed by atoms with Crippen molar-refractivity contribution >= 4 is 27.3 Å². The van der Waals surface area contributed by atoms with Crippen LogP contribution in [0.1, 0.15) is 25.0 Å². The quantitative estimate of drug-likeness (QED) is 0.647. The normalized spacial score (nSPS) is 17.0. The molecule has 1 unspecified atom stereocenters. The lowest BCUT2D eigenvalue weighted by Gasteiger charge is -2.37. The van der Waals surface area contributed by atoms with Gasteiger partial charge in [-0.1, -0.05) is 38.1 Å². The smallest absolute Gasteiger partial charge is 0.339 e. The van der Waals surface area contributed by atoms with Crippen LogP contribution in [0.3, 0.4) is 0 Å². The summed E-state index contributed by atoms with van der Waals surface area (Å²) < 4.78 is 66.7. The molecule has 11 heteroatoms. The van der Waals surface area contributed by atoms with Crippen LogP contribution in [0.2, 0.25) is 0 Å². The summed E-state index contributed by atoms with van der Waals surface area (Å²) in [6.07, 6.45) is -4.39. The van der Waals surface area contributed by atoms with Crippen LogP contribution in [-0.2, 0) is 27.5 Å². The molecule has 2 heterocycles. The van der Waals surface area contributed by atoms with Crippen LogP contribution in [-0.4, -0.2) is 56.3 Å². The minimum Gasteiger partial charge on any atom is -0.339 e. The fourth-order valence-electron chi connectivity index (χ4n) is 3.54. The zero-order chi connectivity index (χ0) is 23.5. The molecule has 1 fully saturated rings. The summed E-state index contributed by atoms with van der Waals surface area (Å²) >= 11 is 1.08. The van der Waals surface area contributed by atoms with Gasteiger partial charge in [0.1, 0.15) is 10.3 Å². The lowest BCUT2D eigenvalue weighted by atomic mass is 10.0. The number of benzene rings is 1. The number of rotatable bonds is 7. The first kappa shape index (κ1) is 24.7. The molecule has 0 radical (unpaired) electrons. The summed E-state index contributed by atoms with van der Waals surface area (Å²) in [5.74, 6) is -0.542. The first-order valence-electron chi connectivity index (χ1n) is 10.2. The van der Waals surface area contributed by atoms with E-state index in [-0.39, 0.29) is 16.0 Å². The second kappa shape index (κ2) is 9.90. The van der Waals surface area contributed by atoms with Crippen LogP contribution in [0.25, 0.3) is 0 Å². The maximum atomic E-state index is 13.1. The molecule has 1 N–H and O–H groups in total. The molecule has 1 atom stereocenters. The zero-order valence-electron chi connectivity index (χ0n) is 17.8. The van der Waals surface area contributed by atoms with Gasteiger partial charge < -0.3 is 4.90 Å². The Labute approximate surface area is 190 Å². The van der Waals surface area contributed by atoms with Crippen molar-refractivity contribution in [3.63, 3.8) is 0 Å². The number of sulfonamides is 1. The number of alkyl halides is 3. The zero-order valence-corrected chi connectivity index (χ0v) is 19.4. The minimum atomic E-state index is -4.39. The second-order valence-corrected chi connectivity index (χ2v) is 11.0. The molecule has 1 aliphatic rings. The molecule has 1 aliphatic heterocycles. The Bertz CT molecular complexity index is 1020. The van der Waals surface area contributed by atoms with Crippen molar-refractivity contribution in [1.82, 2.24) is 14.5 Å². The molecule has 1 aromatic heterocycles. The Balaban J connectivity index is 1.60. The summed E-state index contributed by atoms with van der Waals surface area (Å²) in [5, 5.41) is 1.66. The number of nitrogens with one attached hydrogen (secondary N) is 1. The summed E-state index contributed by atoms with van der Waals surface area (Å²) in [5.41, 5.74) is -0.120. The molecule has 3 rings (SSSR count). The summed E-state index contributed by atoms with van der Waals surface area (Å²) in [6, 6.07) is 7.47. The van der Waals surface area contributed by atoms with E-state index in [1.165, 1.54) is 12.1 Å². The van der Waals surface area contributed by atoms with Crippen molar-refractivity contribution < 1.29 is 26.4 Å². The highest BCUT2D eigenvalue weighted by atomic mass is 32.2. The molecule has 0 aliphatic carbocycles. The number of hydrogen-bond acceptors (Lipinski definition) is 5. The minimum absolute atomic E-state index is 0.154. The number of carbonyl (C=O) groups is 1. The van der Waals surface area contributed by atoms with Crippen LogP contribution < -0.4 is 4.72 Å². The first-order valence-corrected chi connectivity index (χ1v) is 12.6. The van der Waals surface area contributed by atoms with Crippen LogP contribution in [0.4, 0.5) is 13.2 Å². The topological polar surface area (TPSA) is 69.7 Å². The average molecular weight is 490 g/mol. The molecule has 2 aromatic rings. The predicted molar refractivity (Wildman–Crippen MR) is 117 cm³/mol. The van der Waals surface area contributed by atoms with E-state index in [1.807, 2.05) is 4.90 Å². The van der Waals surface area contributed by atoms with Crippen molar-refractivity contribution in [1.29, 1.82) is 0 Å². The van der Waals surface area contributed by atoms with E-state index in [4.69, 9.17) is 0 Å². The standard InChI is InChI=1S/C21H26F3N3O3S2/c1-15(2)19(25-32(29,30)18-7-4-12-31-18)20(28)27-10-8-26(9-11-27)14-16-5-3-6-17(13-16)21(22,23)24/h3-7,12-13,15,19,25H,8-11,14H2,1-2H3. The highest BCUT2D eigenvalue weighted by Crippen LogP contribution is 2.30. The molecular weight excluding hydrogens is 463 g/mol. The molecule has 0 bridgehead atoms. The third kappa shape index (κ3) is 6.09. The van der Waals surface area contributed by atoms with Crippen molar-refractivity contribution in [2.75, 3.05) is 26.2 Å². The Morgan fingerprint density at radius 1 is 1.12 bits per heavy atom. The van der Waals surface area contributed by atoms with Crippen LogP contribution in [0.15, 0.2) is 46.0 Å². The number of carbonyl (C=O) groups excluding carboxylic acids is 1. The lowest BCUT2D eigenvalue weighted by Crippen LogP contribution is -2.56. The van der Waals surface area contributed by atoms with Gasteiger partial charge in [-0.15, -0.1) is 11.3 Å². The Kier molecular flexibility index (Phi) is 7.64. The van der Waals surface area contributed by atoms with Gasteiger partial charge in [0.05, 0.1) is 5.56 Å². The van der Waals surface area contributed by atoms with Gasteiger partial charge in [0.15, 0.2) is 0 Å².